The van der Waals surface area contributed by atoms with Crippen LogP contribution in [0.25, 0.3) is 10.8 Å². The molecule has 0 aromatic heterocycles. The van der Waals surface area contributed by atoms with E-state index in [1.54, 1.807) is 6.92 Å². The van der Waals surface area contributed by atoms with Crippen LogP contribution >= 0.6 is 0 Å². The van der Waals surface area contributed by atoms with Crippen LogP contribution < -0.4 is 5.32 Å². The van der Waals surface area contributed by atoms with Crippen molar-refractivity contribution in [2.75, 3.05) is 32.8 Å². The van der Waals surface area contributed by atoms with Crippen LogP contribution in [0.1, 0.15) is 36.5 Å². The van der Waals surface area contributed by atoms with Gasteiger partial charge in [-0.3, -0.25) is 4.79 Å². The molecule has 1 N–H and O–H groups in total. The van der Waals surface area contributed by atoms with Crippen molar-refractivity contribution in [3.8, 4) is 0 Å². The van der Waals surface area contributed by atoms with E-state index in [1.165, 1.54) is 0 Å². The van der Waals surface area contributed by atoms with E-state index in [9.17, 15) is 9.59 Å². The first kappa shape index (κ1) is 19.4. The SMILES string of the molecule is CCOC(=O)NCC1CCN(CCC(=O)c2ccc3ccccc3c2)CC1. The maximum atomic E-state index is 12.5. The van der Waals surface area contributed by atoms with E-state index >= 15 is 0 Å². The van der Waals surface area contributed by atoms with Gasteiger partial charge < -0.3 is 15.0 Å². The second-order valence-corrected chi connectivity index (χ2v) is 7.12. The van der Waals surface area contributed by atoms with Crippen molar-refractivity contribution >= 4 is 22.6 Å². The van der Waals surface area contributed by atoms with Crippen LogP contribution in [0.4, 0.5) is 4.79 Å². The first-order valence-electron chi connectivity index (χ1n) is 9.80. The molecule has 1 saturated heterocycles. The van der Waals surface area contributed by atoms with Gasteiger partial charge in [-0.05, 0) is 55.6 Å². The molecule has 5 nitrogen and oxygen atoms in total. The van der Waals surface area contributed by atoms with Crippen molar-refractivity contribution in [3.05, 3.63) is 48.0 Å². The fourth-order valence-corrected chi connectivity index (χ4v) is 3.59. The van der Waals surface area contributed by atoms with Gasteiger partial charge in [0.2, 0.25) is 0 Å². The summed E-state index contributed by atoms with van der Waals surface area (Å²) in [6.07, 6.45) is 2.29. The Bertz CT molecular complexity index is 782. The van der Waals surface area contributed by atoms with Crippen LogP contribution in [0.5, 0.6) is 0 Å². The lowest BCUT2D eigenvalue weighted by Crippen LogP contribution is -2.39. The lowest BCUT2D eigenvalue weighted by molar-refractivity contribution is 0.0949. The summed E-state index contributed by atoms with van der Waals surface area (Å²) in [5.74, 6) is 0.689. The predicted molar refractivity (Wildman–Crippen MR) is 107 cm³/mol. The normalized spacial score (nSPS) is 15.6. The van der Waals surface area contributed by atoms with Crippen molar-refractivity contribution in [2.45, 2.75) is 26.2 Å². The first-order valence-corrected chi connectivity index (χ1v) is 9.80. The highest BCUT2D eigenvalue weighted by Crippen LogP contribution is 2.19. The second-order valence-electron chi connectivity index (χ2n) is 7.12. The van der Waals surface area contributed by atoms with Crippen molar-refractivity contribution in [2.24, 2.45) is 5.92 Å². The molecule has 1 fully saturated rings. The highest BCUT2D eigenvalue weighted by atomic mass is 16.5. The Balaban J connectivity index is 1.41. The number of alkyl carbamates (subject to hydrolysis) is 1. The maximum absolute atomic E-state index is 12.5. The van der Waals surface area contributed by atoms with Crippen LogP contribution in [0.2, 0.25) is 0 Å². The average Bonchev–Trinajstić information content (AvgIpc) is 2.71. The number of benzene rings is 2. The summed E-state index contributed by atoms with van der Waals surface area (Å²) in [5.41, 5.74) is 0.794. The number of rotatable bonds is 7. The van der Waals surface area contributed by atoms with Crippen LogP contribution in [0, 0.1) is 5.92 Å². The molecular formula is C22H28N2O3. The number of piperidine rings is 1. The molecule has 0 saturated carbocycles. The van der Waals surface area contributed by atoms with Crippen molar-refractivity contribution in [3.63, 3.8) is 0 Å². The van der Waals surface area contributed by atoms with E-state index in [4.69, 9.17) is 4.74 Å². The molecule has 0 atom stereocenters. The highest BCUT2D eigenvalue weighted by molar-refractivity contribution is 6.00. The molecule has 0 aliphatic carbocycles. The molecule has 2 aromatic carbocycles. The smallest absolute Gasteiger partial charge is 0.407 e. The van der Waals surface area contributed by atoms with E-state index in [0.717, 1.165) is 48.8 Å². The third kappa shape index (κ3) is 5.54. The van der Waals surface area contributed by atoms with E-state index in [-0.39, 0.29) is 11.9 Å². The van der Waals surface area contributed by atoms with Crippen molar-refractivity contribution < 1.29 is 14.3 Å². The molecule has 5 heteroatoms. The van der Waals surface area contributed by atoms with Crippen LogP contribution in [0.15, 0.2) is 42.5 Å². The number of likely N-dealkylation sites (tertiary alicyclic amines) is 1. The van der Waals surface area contributed by atoms with E-state index < -0.39 is 0 Å². The van der Waals surface area contributed by atoms with Crippen LogP contribution in [-0.4, -0.2) is 49.6 Å². The quantitative estimate of drug-likeness (QED) is 0.754. The van der Waals surface area contributed by atoms with Gasteiger partial charge in [-0.25, -0.2) is 4.79 Å². The van der Waals surface area contributed by atoms with Gasteiger partial charge in [-0.2, -0.15) is 0 Å². The third-order valence-electron chi connectivity index (χ3n) is 5.24. The molecule has 2 aromatic rings. The number of fused-ring (bicyclic) bond motifs is 1. The van der Waals surface area contributed by atoms with Gasteiger partial charge in [0.15, 0.2) is 5.78 Å². The number of hydrogen-bond donors (Lipinski definition) is 1. The summed E-state index contributed by atoms with van der Waals surface area (Å²) in [6.45, 7) is 5.61. The minimum Gasteiger partial charge on any atom is -0.450 e. The van der Waals surface area contributed by atoms with Gasteiger partial charge in [0, 0.05) is 25.1 Å². The molecule has 1 amide bonds. The molecule has 1 aliphatic rings. The summed E-state index contributed by atoms with van der Waals surface area (Å²) < 4.78 is 4.89. The third-order valence-corrected chi connectivity index (χ3v) is 5.24. The number of ether oxygens (including phenoxy) is 1. The summed E-state index contributed by atoms with van der Waals surface area (Å²) in [7, 11) is 0. The number of amides is 1. The van der Waals surface area contributed by atoms with Gasteiger partial charge in [-0.15, -0.1) is 0 Å². The number of carbonyl (C=O) groups excluding carboxylic acids is 2. The zero-order valence-corrected chi connectivity index (χ0v) is 15.9. The average molecular weight is 368 g/mol. The topological polar surface area (TPSA) is 58.6 Å². The number of hydrogen-bond acceptors (Lipinski definition) is 4. The Hall–Kier alpha value is -2.40. The number of nitrogens with zero attached hydrogens (tertiary/aromatic N) is 1. The number of nitrogens with one attached hydrogen (secondary N) is 1. The molecule has 1 aliphatic heterocycles. The van der Waals surface area contributed by atoms with Gasteiger partial charge in [0.1, 0.15) is 0 Å². The Labute approximate surface area is 160 Å². The number of carbonyl (C=O) groups is 2. The Kier molecular flexibility index (Phi) is 6.82. The first-order chi connectivity index (χ1) is 13.2. The molecule has 0 bridgehead atoms. The monoisotopic (exact) mass is 368 g/mol. The van der Waals surface area contributed by atoms with Crippen molar-refractivity contribution in [1.82, 2.24) is 10.2 Å². The molecule has 1 heterocycles. The second kappa shape index (κ2) is 9.51. The highest BCUT2D eigenvalue weighted by Gasteiger charge is 2.20. The van der Waals surface area contributed by atoms with Gasteiger partial charge in [0.05, 0.1) is 6.61 Å². The minimum absolute atomic E-state index is 0.201. The molecule has 27 heavy (non-hydrogen) atoms. The van der Waals surface area contributed by atoms with Gasteiger partial charge >= 0.3 is 6.09 Å². The Morgan fingerprint density at radius 2 is 1.85 bits per heavy atom. The Morgan fingerprint density at radius 1 is 1.11 bits per heavy atom. The zero-order valence-electron chi connectivity index (χ0n) is 15.9. The summed E-state index contributed by atoms with van der Waals surface area (Å²) in [6, 6.07) is 14.0. The summed E-state index contributed by atoms with van der Waals surface area (Å²) in [5, 5.41) is 5.09. The molecular weight excluding hydrogens is 340 g/mol. The number of Topliss-reactive ketones (excluding diaryl/α,β-unsaturated/α-hetero) is 1. The predicted octanol–water partition coefficient (Wildman–Crippen LogP) is 3.87. The van der Waals surface area contributed by atoms with E-state index in [0.29, 0.717) is 25.5 Å². The summed E-state index contributed by atoms with van der Waals surface area (Å²) in [4.78, 5) is 26.3. The largest absolute Gasteiger partial charge is 0.450 e. The minimum atomic E-state index is -0.332. The number of ketones is 1. The van der Waals surface area contributed by atoms with Crippen molar-refractivity contribution in [1.29, 1.82) is 0 Å². The molecule has 0 radical (unpaired) electrons. The molecule has 144 valence electrons. The fourth-order valence-electron chi connectivity index (χ4n) is 3.59. The molecule has 3 rings (SSSR count). The van der Waals surface area contributed by atoms with Crippen LogP contribution in [0.3, 0.4) is 0 Å². The molecule has 0 spiro atoms. The van der Waals surface area contributed by atoms with E-state index in [2.05, 4.69) is 16.3 Å². The van der Waals surface area contributed by atoms with E-state index in [1.807, 2.05) is 36.4 Å². The molecule has 0 unspecified atom stereocenters. The van der Waals surface area contributed by atoms with Gasteiger partial charge in [0.25, 0.3) is 0 Å². The lowest BCUT2D eigenvalue weighted by atomic mass is 9.96. The van der Waals surface area contributed by atoms with Crippen LogP contribution in [-0.2, 0) is 4.74 Å². The maximum Gasteiger partial charge on any atom is 0.407 e. The van der Waals surface area contributed by atoms with Gasteiger partial charge in [-0.1, -0.05) is 36.4 Å². The Morgan fingerprint density at radius 3 is 2.59 bits per heavy atom. The lowest BCUT2D eigenvalue weighted by Gasteiger charge is -2.31. The summed E-state index contributed by atoms with van der Waals surface area (Å²) >= 11 is 0. The standard InChI is InChI=1S/C22H28N2O3/c1-2-27-22(26)23-16-17-9-12-24(13-10-17)14-11-21(25)20-8-7-18-5-3-4-6-19(18)15-20/h3-8,15,17H,2,9-14,16H2,1H3,(H,23,26). The zero-order chi connectivity index (χ0) is 19.1. The fraction of sp³-hybridized carbons (Fsp3) is 0.455.